The molecule has 0 aliphatic rings. The molecule has 106 valence electrons. The van der Waals surface area contributed by atoms with Crippen LogP contribution in [0, 0.1) is 10.1 Å². The molecule has 0 atom stereocenters. The van der Waals surface area contributed by atoms with Gasteiger partial charge in [-0.25, -0.2) is 4.98 Å². The summed E-state index contributed by atoms with van der Waals surface area (Å²) < 4.78 is 37.5. The van der Waals surface area contributed by atoms with E-state index in [0.717, 1.165) is 0 Å². The van der Waals surface area contributed by atoms with Crippen LogP contribution in [0.4, 0.5) is 24.5 Å². The van der Waals surface area contributed by atoms with Gasteiger partial charge in [0.05, 0.1) is 11.5 Å². The number of rotatable bonds is 4. The van der Waals surface area contributed by atoms with E-state index in [4.69, 9.17) is 0 Å². The van der Waals surface area contributed by atoms with E-state index in [2.05, 4.69) is 30.9 Å². The van der Waals surface area contributed by atoms with Gasteiger partial charge < -0.3 is 5.32 Å². The van der Waals surface area contributed by atoms with Crippen LogP contribution in [-0.4, -0.2) is 30.5 Å². The summed E-state index contributed by atoms with van der Waals surface area (Å²) >= 11 is 0. The quantitative estimate of drug-likeness (QED) is 0.638. The fourth-order valence-electron chi connectivity index (χ4n) is 1.32. The highest BCUT2D eigenvalue weighted by molar-refractivity contribution is 5.61. The number of hydrogen-bond acceptors (Lipinski definition) is 7. The Bertz CT molecular complexity index is 613. The van der Waals surface area contributed by atoms with Gasteiger partial charge in [-0.2, -0.15) is 18.4 Å². The average molecular weight is 289 g/mol. The number of H-pyrrole nitrogens is 1. The molecule has 12 heteroatoms. The van der Waals surface area contributed by atoms with Gasteiger partial charge in [-0.3, -0.25) is 10.1 Å². The highest BCUT2D eigenvalue weighted by atomic mass is 19.4. The Morgan fingerprint density at radius 3 is 2.75 bits per heavy atom. The van der Waals surface area contributed by atoms with Crippen LogP contribution in [0.15, 0.2) is 12.3 Å². The summed E-state index contributed by atoms with van der Waals surface area (Å²) in [7, 11) is 0. The molecule has 2 N–H and O–H groups in total. The Morgan fingerprint density at radius 2 is 2.20 bits per heavy atom. The molecule has 0 aliphatic heterocycles. The average Bonchev–Trinajstić information content (AvgIpc) is 2.87. The third-order valence-corrected chi connectivity index (χ3v) is 2.20. The normalized spacial score (nSPS) is 11.3. The topological polar surface area (TPSA) is 123 Å². The van der Waals surface area contributed by atoms with Crippen molar-refractivity contribution in [2.45, 2.75) is 12.7 Å². The first-order valence-electron chi connectivity index (χ1n) is 5.06. The molecule has 0 unspecified atom stereocenters. The number of aromatic amines is 1. The van der Waals surface area contributed by atoms with E-state index in [1.165, 1.54) is 0 Å². The molecule has 0 amide bonds. The number of hydrogen-bond donors (Lipinski definition) is 2. The summed E-state index contributed by atoms with van der Waals surface area (Å²) in [5.41, 5.74) is -2.15. The molecule has 0 aliphatic carbocycles. The molecule has 0 fully saturated rings. The maximum atomic E-state index is 12.5. The van der Waals surface area contributed by atoms with Gasteiger partial charge in [-0.15, -0.1) is 10.2 Å². The van der Waals surface area contributed by atoms with Crippen molar-refractivity contribution in [2.75, 3.05) is 5.32 Å². The number of aromatic nitrogens is 5. The van der Waals surface area contributed by atoms with Gasteiger partial charge >= 0.3 is 11.9 Å². The molecule has 9 nitrogen and oxygen atoms in total. The van der Waals surface area contributed by atoms with Crippen molar-refractivity contribution in [3.8, 4) is 0 Å². The molecular formula is C8H6F3N7O2. The number of nitro groups is 1. The molecule has 2 aromatic rings. The van der Waals surface area contributed by atoms with Crippen molar-refractivity contribution in [3.63, 3.8) is 0 Å². The van der Waals surface area contributed by atoms with Gasteiger partial charge in [0.25, 0.3) is 0 Å². The lowest BCUT2D eigenvalue weighted by Crippen LogP contribution is -2.11. The van der Waals surface area contributed by atoms with Crippen molar-refractivity contribution >= 4 is 11.4 Å². The number of pyridine rings is 1. The Labute approximate surface area is 108 Å². The van der Waals surface area contributed by atoms with Gasteiger partial charge in [-0.1, -0.05) is 5.21 Å². The lowest BCUT2D eigenvalue weighted by atomic mass is 10.2. The van der Waals surface area contributed by atoms with Crippen molar-refractivity contribution in [1.82, 2.24) is 25.6 Å². The first kappa shape index (κ1) is 13.6. The molecule has 0 saturated carbocycles. The van der Waals surface area contributed by atoms with Crippen molar-refractivity contribution in [1.29, 1.82) is 0 Å². The molecular weight excluding hydrogens is 283 g/mol. The molecule has 20 heavy (non-hydrogen) atoms. The maximum absolute atomic E-state index is 12.5. The molecule has 0 saturated heterocycles. The van der Waals surface area contributed by atoms with E-state index in [0.29, 0.717) is 12.3 Å². The predicted octanol–water partition coefficient (Wildman–Crippen LogP) is 1.13. The molecule has 0 spiro atoms. The molecule has 2 aromatic heterocycles. The van der Waals surface area contributed by atoms with E-state index < -0.39 is 22.5 Å². The fraction of sp³-hybridized carbons (Fsp3) is 0.250. The Kier molecular flexibility index (Phi) is 3.45. The smallest absolute Gasteiger partial charge is 0.372 e. The number of tetrazole rings is 1. The highest BCUT2D eigenvalue weighted by Crippen LogP contribution is 2.32. The molecule has 0 radical (unpaired) electrons. The van der Waals surface area contributed by atoms with Gasteiger partial charge in [0, 0.05) is 0 Å². The fourth-order valence-corrected chi connectivity index (χ4v) is 1.32. The zero-order chi connectivity index (χ0) is 14.8. The monoisotopic (exact) mass is 289 g/mol. The van der Waals surface area contributed by atoms with E-state index in [9.17, 15) is 23.3 Å². The summed E-state index contributed by atoms with van der Waals surface area (Å²) in [6.45, 7) is -0.126. The van der Waals surface area contributed by atoms with Crippen LogP contribution in [0.3, 0.4) is 0 Å². The lowest BCUT2D eigenvalue weighted by molar-refractivity contribution is -0.384. The van der Waals surface area contributed by atoms with Gasteiger partial charge in [0.2, 0.25) is 0 Å². The highest BCUT2D eigenvalue weighted by Gasteiger charge is 2.34. The van der Waals surface area contributed by atoms with Crippen LogP contribution < -0.4 is 5.32 Å². The third-order valence-electron chi connectivity index (χ3n) is 2.20. The van der Waals surface area contributed by atoms with E-state index in [1.54, 1.807) is 0 Å². The van der Waals surface area contributed by atoms with Crippen LogP contribution in [0.1, 0.15) is 11.5 Å². The minimum Gasteiger partial charge on any atom is -0.372 e. The maximum Gasteiger partial charge on any atom is 0.433 e. The molecule has 2 rings (SSSR count). The standard InChI is InChI=1S/C8H6F3N7O2/c9-8(10,11)6-1-4(5(2-13-6)18(19)20)12-3-7-14-16-17-15-7/h1-2H,3H2,(H,12,13)(H,14,15,16,17). The third kappa shape index (κ3) is 2.96. The first-order chi connectivity index (χ1) is 9.38. The number of nitrogens with zero attached hydrogens (tertiary/aromatic N) is 5. The number of anilines is 1. The second-order valence-electron chi connectivity index (χ2n) is 3.52. The van der Waals surface area contributed by atoms with E-state index >= 15 is 0 Å². The van der Waals surface area contributed by atoms with Crippen molar-refractivity contribution in [3.05, 3.63) is 33.9 Å². The summed E-state index contributed by atoms with van der Waals surface area (Å²) in [6, 6.07) is 0.554. The van der Waals surface area contributed by atoms with E-state index in [-0.39, 0.29) is 18.1 Å². The molecule has 2 heterocycles. The van der Waals surface area contributed by atoms with Gasteiger partial charge in [0.15, 0.2) is 5.82 Å². The zero-order valence-electron chi connectivity index (χ0n) is 9.55. The number of nitrogens with one attached hydrogen (secondary N) is 2. The van der Waals surface area contributed by atoms with Crippen LogP contribution in [-0.2, 0) is 12.7 Å². The Balaban J connectivity index is 2.29. The SMILES string of the molecule is O=[N+]([O-])c1cnc(C(F)(F)F)cc1NCc1nn[nH]n1. The second-order valence-corrected chi connectivity index (χ2v) is 3.52. The number of halogens is 3. The van der Waals surface area contributed by atoms with E-state index in [1.807, 2.05) is 0 Å². The molecule has 0 bridgehead atoms. The zero-order valence-corrected chi connectivity index (χ0v) is 9.55. The van der Waals surface area contributed by atoms with Crippen LogP contribution in [0.25, 0.3) is 0 Å². The lowest BCUT2D eigenvalue weighted by Gasteiger charge is -2.09. The Morgan fingerprint density at radius 1 is 1.45 bits per heavy atom. The van der Waals surface area contributed by atoms with Gasteiger partial charge in [0.1, 0.15) is 17.6 Å². The minimum atomic E-state index is -4.70. The summed E-state index contributed by atoms with van der Waals surface area (Å²) in [5, 5.41) is 25.7. The Hall–Kier alpha value is -2.79. The van der Waals surface area contributed by atoms with Crippen LogP contribution >= 0.6 is 0 Å². The second kappa shape index (κ2) is 5.07. The summed E-state index contributed by atoms with van der Waals surface area (Å²) in [5.74, 6) is 0.143. The minimum absolute atomic E-state index is 0.126. The van der Waals surface area contributed by atoms with Crippen LogP contribution in [0.5, 0.6) is 0 Å². The predicted molar refractivity (Wildman–Crippen MR) is 57.4 cm³/mol. The number of alkyl halides is 3. The first-order valence-corrected chi connectivity index (χ1v) is 5.06. The molecule has 0 aromatic carbocycles. The largest absolute Gasteiger partial charge is 0.433 e. The summed E-state index contributed by atoms with van der Waals surface area (Å²) in [4.78, 5) is 12.9. The van der Waals surface area contributed by atoms with Crippen molar-refractivity contribution < 1.29 is 18.1 Å². The van der Waals surface area contributed by atoms with Crippen LogP contribution in [0.2, 0.25) is 0 Å². The summed E-state index contributed by atoms with van der Waals surface area (Å²) in [6.07, 6.45) is -4.15. The van der Waals surface area contributed by atoms with Crippen molar-refractivity contribution in [2.24, 2.45) is 0 Å². The van der Waals surface area contributed by atoms with Gasteiger partial charge in [-0.05, 0) is 6.07 Å².